The van der Waals surface area contributed by atoms with Gasteiger partial charge in [-0.2, -0.15) is 0 Å². The van der Waals surface area contributed by atoms with Gasteiger partial charge in [-0.05, 0) is 42.3 Å². The fourth-order valence-electron chi connectivity index (χ4n) is 3.56. The van der Waals surface area contributed by atoms with Crippen molar-refractivity contribution in [2.75, 3.05) is 26.2 Å². The molecular weight excluding hydrogens is 392 g/mol. The number of nitrogens with zero attached hydrogens (tertiary/aromatic N) is 1. The highest BCUT2D eigenvalue weighted by Crippen LogP contribution is 2.33. The SMILES string of the molecule is CCOC(=O)c1ccc(-n2cc(N)c3cc(-c4ccccc4)ccc32)cc1OCOC. The molecule has 4 aromatic rings. The zero-order chi connectivity index (χ0) is 21.8. The highest BCUT2D eigenvalue weighted by atomic mass is 16.7. The van der Waals surface area contributed by atoms with Crippen LogP contribution in [0.4, 0.5) is 5.69 Å². The summed E-state index contributed by atoms with van der Waals surface area (Å²) in [5.74, 6) is -0.0522. The fourth-order valence-corrected chi connectivity index (χ4v) is 3.56. The molecule has 0 unspecified atom stereocenters. The third kappa shape index (κ3) is 4.11. The third-order valence-corrected chi connectivity index (χ3v) is 5.01. The molecule has 0 atom stereocenters. The molecule has 1 aromatic heterocycles. The minimum absolute atomic E-state index is 0.0187. The molecule has 3 aromatic carbocycles. The van der Waals surface area contributed by atoms with Gasteiger partial charge >= 0.3 is 5.97 Å². The molecule has 6 heteroatoms. The van der Waals surface area contributed by atoms with E-state index in [1.54, 1.807) is 19.1 Å². The van der Waals surface area contributed by atoms with Crippen LogP contribution in [0.1, 0.15) is 17.3 Å². The number of methoxy groups -OCH3 is 1. The fraction of sp³-hybridized carbons (Fsp3) is 0.160. The molecule has 0 aliphatic rings. The van der Waals surface area contributed by atoms with Crippen molar-refractivity contribution in [3.8, 4) is 22.6 Å². The number of fused-ring (bicyclic) bond motifs is 1. The Morgan fingerprint density at radius 2 is 1.81 bits per heavy atom. The summed E-state index contributed by atoms with van der Waals surface area (Å²) in [5.41, 5.74) is 11.4. The normalized spacial score (nSPS) is 10.9. The van der Waals surface area contributed by atoms with Crippen molar-refractivity contribution in [3.63, 3.8) is 0 Å². The van der Waals surface area contributed by atoms with Gasteiger partial charge in [0.1, 0.15) is 11.3 Å². The van der Waals surface area contributed by atoms with Crippen LogP contribution in [0.3, 0.4) is 0 Å². The van der Waals surface area contributed by atoms with Crippen molar-refractivity contribution >= 4 is 22.6 Å². The number of rotatable bonds is 7. The number of esters is 1. The summed E-state index contributed by atoms with van der Waals surface area (Å²) in [6.45, 7) is 2.07. The molecular formula is C25H24N2O4. The lowest BCUT2D eigenvalue weighted by Gasteiger charge is -2.13. The summed E-state index contributed by atoms with van der Waals surface area (Å²) < 4.78 is 17.8. The van der Waals surface area contributed by atoms with E-state index in [-0.39, 0.29) is 13.4 Å². The number of nitrogen functional groups attached to an aromatic ring is 1. The van der Waals surface area contributed by atoms with Crippen molar-refractivity contribution in [3.05, 3.63) is 78.5 Å². The standard InChI is InChI=1S/C25H24N2O4/c1-3-30-25(28)20-11-10-19(14-24(20)31-16-29-2)27-15-22(26)21-13-18(9-12-23(21)27)17-7-5-4-6-8-17/h4-15H,3,16,26H2,1-2H3. The average molecular weight is 416 g/mol. The maximum Gasteiger partial charge on any atom is 0.341 e. The van der Waals surface area contributed by atoms with Crippen LogP contribution in [0.5, 0.6) is 5.75 Å². The molecule has 4 rings (SSSR count). The van der Waals surface area contributed by atoms with Gasteiger partial charge in [0.15, 0.2) is 6.79 Å². The van der Waals surface area contributed by atoms with Gasteiger partial charge in [-0.1, -0.05) is 36.4 Å². The first-order valence-electron chi connectivity index (χ1n) is 10.0. The predicted molar refractivity (Wildman–Crippen MR) is 122 cm³/mol. The van der Waals surface area contributed by atoms with Crippen LogP contribution in [0.2, 0.25) is 0 Å². The Bertz CT molecular complexity index is 1220. The van der Waals surface area contributed by atoms with Crippen molar-refractivity contribution in [1.29, 1.82) is 0 Å². The summed E-state index contributed by atoms with van der Waals surface area (Å²) in [7, 11) is 1.53. The van der Waals surface area contributed by atoms with E-state index in [2.05, 4.69) is 24.3 Å². The number of ether oxygens (including phenoxy) is 3. The Hall–Kier alpha value is -3.77. The van der Waals surface area contributed by atoms with Crippen molar-refractivity contribution in [1.82, 2.24) is 4.57 Å². The number of carbonyl (C=O) groups is 1. The van der Waals surface area contributed by atoms with Crippen LogP contribution in [0, 0.1) is 0 Å². The second-order valence-electron chi connectivity index (χ2n) is 7.00. The Kier molecular flexibility index (Phi) is 5.91. The van der Waals surface area contributed by atoms with Crippen LogP contribution < -0.4 is 10.5 Å². The Labute approximate surface area is 180 Å². The zero-order valence-corrected chi connectivity index (χ0v) is 17.5. The second kappa shape index (κ2) is 8.93. The molecule has 158 valence electrons. The molecule has 6 nitrogen and oxygen atoms in total. The van der Waals surface area contributed by atoms with Gasteiger partial charge in [0.25, 0.3) is 0 Å². The van der Waals surface area contributed by atoms with Gasteiger partial charge in [-0.3, -0.25) is 0 Å². The van der Waals surface area contributed by atoms with Gasteiger partial charge < -0.3 is 24.5 Å². The number of aromatic nitrogens is 1. The zero-order valence-electron chi connectivity index (χ0n) is 17.5. The van der Waals surface area contributed by atoms with E-state index in [9.17, 15) is 4.79 Å². The number of hydrogen-bond acceptors (Lipinski definition) is 5. The monoisotopic (exact) mass is 416 g/mol. The molecule has 0 bridgehead atoms. The third-order valence-electron chi connectivity index (χ3n) is 5.01. The number of anilines is 1. The van der Waals surface area contributed by atoms with Crippen molar-refractivity contribution < 1.29 is 19.0 Å². The van der Waals surface area contributed by atoms with Gasteiger partial charge in [-0.15, -0.1) is 0 Å². The highest BCUT2D eigenvalue weighted by molar-refractivity contribution is 5.97. The lowest BCUT2D eigenvalue weighted by Crippen LogP contribution is -2.10. The lowest BCUT2D eigenvalue weighted by molar-refractivity contribution is 0.0438. The minimum atomic E-state index is -0.440. The molecule has 0 saturated heterocycles. The molecule has 0 spiro atoms. The smallest absolute Gasteiger partial charge is 0.341 e. The number of hydrogen-bond donors (Lipinski definition) is 1. The summed E-state index contributed by atoms with van der Waals surface area (Å²) in [6, 6.07) is 21.7. The first-order chi connectivity index (χ1) is 15.1. The molecule has 0 amide bonds. The van der Waals surface area contributed by atoms with Crippen LogP contribution in [-0.2, 0) is 9.47 Å². The molecule has 0 fully saturated rings. The van der Waals surface area contributed by atoms with Crippen LogP contribution in [0.25, 0.3) is 27.7 Å². The number of nitrogens with two attached hydrogens (primary N) is 1. The van der Waals surface area contributed by atoms with Gasteiger partial charge in [0.05, 0.1) is 17.8 Å². The highest BCUT2D eigenvalue weighted by Gasteiger charge is 2.17. The topological polar surface area (TPSA) is 75.7 Å². The quantitative estimate of drug-likeness (QED) is 0.337. The van der Waals surface area contributed by atoms with Gasteiger partial charge in [0, 0.05) is 30.4 Å². The Morgan fingerprint density at radius 3 is 2.55 bits per heavy atom. The first kappa shape index (κ1) is 20.5. The molecule has 0 radical (unpaired) electrons. The van der Waals surface area contributed by atoms with Crippen LogP contribution >= 0.6 is 0 Å². The van der Waals surface area contributed by atoms with E-state index in [1.165, 1.54) is 7.11 Å². The average Bonchev–Trinajstić information content (AvgIpc) is 3.14. The Morgan fingerprint density at radius 1 is 1.00 bits per heavy atom. The molecule has 31 heavy (non-hydrogen) atoms. The molecule has 0 aliphatic carbocycles. The van der Waals surface area contributed by atoms with E-state index in [0.29, 0.717) is 17.0 Å². The maximum absolute atomic E-state index is 12.3. The molecule has 0 aliphatic heterocycles. The lowest BCUT2D eigenvalue weighted by atomic mass is 10.0. The van der Waals surface area contributed by atoms with Gasteiger partial charge in [0.2, 0.25) is 0 Å². The largest absolute Gasteiger partial charge is 0.467 e. The summed E-state index contributed by atoms with van der Waals surface area (Å²) in [4.78, 5) is 12.3. The summed E-state index contributed by atoms with van der Waals surface area (Å²) in [5, 5.41) is 0.954. The second-order valence-corrected chi connectivity index (χ2v) is 7.00. The summed E-state index contributed by atoms with van der Waals surface area (Å²) >= 11 is 0. The van der Waals surface area contributed by atoms with Crippen LogP contribution in [-0.4, -0.2) is 31.0 Å². The molecule has 1 heterocycles. The van der Waals surface area contributed by atoms with E-state index in [4.69, 9.17) is 19.9 Å². The first-order valence-corrected chi connectivity index (χ1v) is 10.0. The van der Waals surface area contributed by atoms with E-state index in [1.807, 2.05) is 41.1 Å². The maximum atomic E-state index is 12.3. The number of carbonyl (C=O) groups excluding carboxylic acids is 1. The molecule has 0 saturated carbocycles. The minimum Gasteiger partial charge on any atom is -0.467 e. The predicted octanol–water partition coefficient (Wildman–Crippen LogP) is 5.04. The van der Waals surface area contributed by atoms with Crippen LogP contribution in [0.15, 0.2) is 72.9 Å². The van der Waals surface area contributed by atoms with Crippen molar-refractivity contribution in [2.45, 2.75) is 6.92 Å². The number of benzene rings is 3. The van der Waals surface area contributed by atoms with E-state index >= 15 is 0 Å². The van der Waals surface area contributed by atoms with E-state index < -0.39 is 5.97 Å². The van der Waals surface area contributed by atoms with Gasteiger partial charge in [-0.25, -0.2) is 4.79 Å². The van der Waals surface area contributed by atoms with E-state index in [0.717, 1.165) is 27.7 Å². The Balaban J connectivity index is 1.78. The summed E-state index contributed by atoms with van der Waals surface area (Å²) in [6.07, 6.45) is 1.87. The molecule has 2 N–H and O–H groups in total. The van der Waals surface area contributed by atoms with Crippen molar-refractivity contribution in [2.24, 2.45) is 0 Å².